The third-order valence-corrected chi connectivity index (χ3v) is 4.43. The van der Waals surface area contributed by atoms with Gasteiger partial charge >= 0.3 is 11.9 Å². The molecule has 4 nitrogen and oxygen atoms in total. The van der Waals surface area contributed by atoms with E-state index in [2.05, 4.69) is 4.74 Å². The second-order valence-electron chi connectivity index (χ2n) is 6.50. The van der Waals surface area contributed by atoms with Gasteiger partial charge in [-0.25, -0.2) is 0 Å². The Bertz CT molecular complexity index is 349. The molecule has 0 fully saturated rings. The standard InChI is InChI=1S/C19H34O4/c1-22-18(20)16-14-12-10-8-6-4-2-3-5-7-9-11-13-15-17-19(21)23-17/h21H,2-16H2,1H3. The van der Waals surface area contributed by atoms with Crippen molar-refractivity contribution < 1.29 is 19.4 Å². The van der Waals surface area contributed by atoms with Crippen LogP contribution in [-0.2, 0) is 14.3 Å². The lowest BCUT2D eigenvalue weighted by Crippen LogP contribution is -1.99. The van der Waals surface area contributed by atoms with Crippen molar-refractivity contribution in [2.45, 2.75) is 96.3 Å². The van der Waals surface area contributed by atoms with Crippen LogP contribution in [0.5, 0.6) is 0 Å². The van der Waals surface area contributed by atoms with Crippen LogP contribution in [0.15, 0.2) is 11.7 Å². The van der Waals surface area contributed by atoms with Crippen LogP contribution in [0.3, 0.4) is 0 Å². The quantitative estimate of drug-likeness (QED) is 0.289. The van der Waals surface area contributed by atoms with Crippen molar-refractivity contribution in [3.63, 3.8) is 0 Å². The number of aliphatic hydroxyl groups excluding tert-OH is 1. The van der Waals surface area contributed by atoms with E-state index >= 15 is 0 Å². The topological polar surface area (TPSA) is 59.1 Å². The first kappa shape index (κ1) is 19.9. The zero-order valence-corrected chi connectivity index (χ0v) is 14.8. The fourth-order valence-electron chi connectivity index (χ4n) is 2.85. The van der Waals surface area contributed by atoms with E-state index in [0.29, 0.717) is 6.42 Å². The minimum Gasteiger partial charge on any atom is -0.478 e. The van der Waals surface area contributed by atoms with Crippen molar-refractivity contribution in [1.29, 1.82) is 0 Å². The molecule has 0 unspecified atom stereocenters. The Morgan fingerprint density at radius 2 is 1.22 bits per heavy atom. The molecule has 0 radical (unpaired) electrons. The molecule has 0 aromatic heterocycles. The molecular formula is C19H34O4. The number of unbranched alkanes of at least 4 members (excludes halogenated alkanes) is 12. The predicted molar refractivity (Wildman–Crippen MR) is 92.0 cm³/mol. The zero-order chi connectivity index (χ0) is 16.8. The summed E-state index contributed by atoms with van der Waals surface area (Å²) >= 11 is 0. The molecule has 0 atom stereocenters. The van der Waals surface area contributed by atoms with Gasteiger partial charge in [0.15, 0.2) is 5.76 Å². The van der Waals surface area contributed by atoms with Gasteiger partial charge in [-0.2, -0.15) is 0 Å². The SMILES string of the molecule is COC(=O)CCCCCCCCCCCCCCCC1=C(O)O1. The number of aliphatic hydroxyl groups is 1. The summed E-state index contributed by atoms with van der Waals surface area (Å²) in [6.45, 7) is 0. The Hall–Kier alpha value is -1.19. The predicted octanol–water partition coefficient (Wildman–Crippen LogP) is 5.77. The zero-order valence-electron chi connectivity index (χ0n) is 14.8. The van der Waals surface area contributed by atoms with E-state index in [1.165, 1.54) is 71.3 Å². The number of ether oxygens (including phenoxy) is 2. The number of esters is 1. The summed E-state index contributed by atoms with van der Waals surface area (Å²) < 4.78 is 9.44. The van der Waals surface area contributed by atoms with Crippen LogP contribution in [0.1, 0.15) is 96.3 Å². The molecule has 4 heteroatoms. The van der Waals surface area contributed by atoms with Crippen LogP contribution in [-0.4, -0.2) is 18.2 Å². The van der Waals surface area contributed by atoms with Crippen molar-refractivity contribution in [1.82, 2.24) is 0 Å². The fraction of sp³-hybridized carbons (Fsp3) is 0.842. The normalized spacial score (nSPS) is 13.1. The smallest absolute Gasteiger partial charge is 0.322 e. The molecule has 0 amide bonds. The van der Waals surface area contributed by atoms with Gasteiger partial charge in [-0.1, -0.05) is 70.6 Å². The van der Waals surface area contributed by atoms with E-state index in [0.717, 1.165) is 31.4 Å². The molecule has 0 aliphatic carbocycles. The molecule has 0 saturated carbocycles. The summed E-state index contributed by atoms with van der Waals surface area (Å²) in [7, 11) is 1.45. The maximum absolute atomic E-state index is 10.9. The molecule has 1 rings (SSSR count). The minimum absolute atomic E-state index is 0.0823. The Morgan fingerprint density at radius 1 is 0.826 bits per heavy atom. The van der Waals surface area contributed by atoms with E-state index in [-0.39, 0.29) is 11.9 Å². The highest BCUT2D eigenvalue weighted by Gasteiger charge is 2.22. The van der Waals surface area contributed by atoms with Crippen molar-refractivity contribution in [3.05, 3.63) is 11.7 Å². The second-order valence-corrected chi connectivity index (χ2v) is 6.50. The average Bonchev–Trinajstić information content (AvgIpc) is 3.26. The summed E-state index contributed by atoms with van der Waals surface area (Å²) in [6.07, 6.45) is 17.9. The van der Waals surface area contributed by atoms with Gasteiger partial charge in [0.05, 0.1) is 7.11 Å². The number of carbonyl (C=O) groups is 1. The highest BCUT2D eigenvalue weighted by molar-refractivity contribution is 5.68. The summed E-state index contributed by atoms with van der Waals surface area (Å²) in [5.74, 6) is 0.880. The van der Waals surface area contributed by atoms with Crippen molar-refractivity contribution in [3.8, 4) is 0 Å². The molecular weight excluding hydrogens is 292 g/mol. The summed E-state index contributed by atoms with van der Waals surface area (Å²) in [5, 5.41) is 8.90. The largest absolute Gasteiger partial charge is 0.478 e. The maximum Gasteiger partial charge on any atom is 0.322 e. The first-order valence-electron chi connectivity index (χ1n) is 9.41. The summed E-state index contributed by atoms with van der Waals surface area (Å²) in [6, 6.07) is 0. The molecule has 1 N–H and O–H groups in total. The minimum atomic E-state index is -0.0823. The first-order chi connectivity index (χ1) is 11.2. The van der Waals surface area contributed by atoms with Crippen LogP contribution in [0.2, 0.25) is 0 Å². The Kier molecular flexibility index (Phi) is 11.5. The van der Waals surface area contributed by atoms with Crippen molar-refractivity contribution >= 4 is 5.97 Å². The second kappa shape index (κ2) is 13.3. The molecule has 0 saturated heterocycles. The van der Waals surface area contributed by atoms with Crippen LogP contribution < -0.4 is 0 Å². The molecule has 1 heterocycles. The lowest BCUT2D eigenvalue weighted by atomic mass is 10.0. The van der Waals surface area contributed by atoms with E-state index in [1.54, 1.807) is 0 Å². The number of hydrogen-bond donors (Lipinski definition) is 1. The lowest BCUT2D eigenvalue weighted by Gasteiger charge is -2.03. The number of allylic oxidation sites excluding steroid dienone is 1. The number of hydrogen-bond acceptors (Lipinski definition) is 4. The van der Waals surface area contributed by atoms with E-state index in [1.807, 2.05) is 0 Å². The van der Waals surface area contributed by atoms with Gasteiger partial charge in [0.2, 0.25) is 0 Å². The van der Waals surface area contributed by atoms with Gasteiger partial charge in [0.1, 0.15) is 0 Å². The number of methoxy groups -OCH3 is 1. The van der Waals surface area contributed by atoms with E-state index in [9.17, 15) is 4.79 Å². The molecule has 0 aromatic rings. The molecule has 1 aliphatic rings. The van der Waals surface area contributed by atoms with Crippen LogP contribution in [0.25, 0.3) is 0 Å². The fourth-order valence-corrected chi connectivity index (χ4v) is 2.85. The average molecular weight is 326 g/mol. The van der Waals surface area contributed by atoms with Gasteiger partial charge in [-0.15, -0.1) is 0 Å². The number of carbonyl (C=O) groups excluding carboxylic acids is 1. The van der Waals surface area contributed by atoms with E-state index < -0.39 is 0 Å². The maximum atomic E-state index is 10.9. The molecule has 134 valence electrons. The van der Waals surface area contributed by atoms with Gasteiger partial charge in [-0.05, 0) is 12.8 Å². The highest BCUT2D eigenvalue weighted by Crippen LogP contribution is 2.28. The van der Waals surface area contributed by atoms with Gasteiger partial charge in [0, 0.05) is 12.8 Å². The molecule has 0 bridgehead atoms. The summed E-state index contributed by atoms with van der Waals surface area (Å²) in [5.41, 5.74) is 0. The Morgan fingerprint density at radius 3 is 1.61 bits per heavy atom. The van der Waals surface area contributed by atoms with Crippen LogP contribution in [0, 0.1) is 0 Å². The third-order valence-electron chi connectivity index (χ3n) is 4.43. The summed E-state index contributed by atoms with van der Waals surface area (Å²) in [4.78, 5) is 10.9. The van der Waals surface area contributed by atoms with Gasteiger partial charge in [0.25, 0.3) is 0 Å². The number of rotatable bonds is 16. The molecule has 23 heavy (non-hydrogen) atoms. The molecule has 0 spiro atoms. The highest BCUT2D eigenvalue weighted by atomic mass is 16.7. The van der Waals surface area contributed by atoms with Crippen molar-refractivity contribution in [2.24, 2.45) is 0 Å². The van der Waals surface area contributed by atoms with Gasteiger partial charge in [-0.3, -0.25) is 4.79 Å². The Balaban J connectivity index is 1.66. The first-order valence-corrected chi connectivity index (χ1v) is 9.41. The van der Waals surface area contributed by atoms with Gasteiger partial charge < -0.3 is 14.6 Å². The molecule has 0 aromatic carbocycles. The van der Waals surface area contributed by atoms with Crippen LogP contribution in [0.4, 0.5) is 0 Å². The van der Waals surface area contributed by atoms with E-state index in [4.69, 9.17) is 9.84 Å². The Labute approximate surface area is 141 Å². The van der Waals surface area contributed by atoms with Crippen LogP contribution >= 0.6 is 0 Å². The molecule has 1 aliphatic heterocycles. The monoisotopic (exact) mass is 326 g/mol. The lowest BCUT2D eigenvalue weighted by molar-refractivity contribution is -0.140. The van der Waals surface area contributed by atoms with Crippen molar-refractivity contribution in [2.75, 3.05) is 7.11 Å². The third kappa shape index (κ3) is 12.0.